The summed E-state index contributed by atoms with van der Waals surface area (Å²) < 4.78 is 50.5. The standard InChI is InChI=1S/C32H38N9O13P/c1-16-12-40(31(47)37-26(16)42)22-11-19(38-39-33)24(52-22)29(45)54-55(48,49-13-17-5-7-18(8-6-17)50-30(46)32(2,3)4)53-28(44)20-9-10-21(51-20)41-15-36-23-25(41)34-14-35-27(23)43/h5-8,12,14-15,19-22,24,28-29,44-45H,9-11,13H2,1-4H3,(H,34,35,43)(H,37,42,47)/t19?,20-,21+,22+,24-,28?,29?,55?/m0/s1. The SMILES string of the molecule is Cc1cn([C@H]2CC(N=[N+]=[N-])[C@@H](C(O)OP(=O)(OCc3ccc(OC(=O)C(C)(C)C)cc3)OC(O)[C@@H]3CC[C@H](n4cnc5c(=O)[nH]cnc54)O3)O2)c(=O)[nH]c1=O. The van der Waals surface area contributed by atoms with Crippen molar-refractivity contribution in [3.05, 3.63) is 95.9 Å². The van der Waals surface area contributed by atoms with Gasteiger partial charge in [0.2, 0.25) is 0 Å². The molecule has 0 spiro atoms. The molecular weight excluding hydrogens is 749 g/mol. The Bertz CT molecular complexity index is 2310. The Morgan fingerprint density at radius 1 is 1.07 bits per heavy atom. The number of nitrogens with zero attached hydrogens (tertiary/aromatic N) is 7. The van der Waals surface area contributed by atoms with Crippen molar-refractivity contribution in [2.45, 2.75) is 96.8 Å². The van der Waals surface area contributed by atoms with Gasteiger partial charge in [-0.2, -0.15) is 0 Å². The Hall–Kier alpha value is -5.02. The number of hydrogen-bond donors (Lipinski definition) is 4. The van der Waals surface area contributed by atoms with E-state index in [1.165, 1.54) is 54.6 Å². The highest BCUT2D eigenvalue weighted by atomic mass is 31.2. The normalized spacial score (nSPS) is 23.6. The van der Waals surface area contributed by atoms with Crippen molar-refractivity contribution >= 4 is 25.0 Å². The molecule has 6 rings (SSSR count). The van der Waals surface area contributed by atoms with Gasteiger partial charge in [0.1, 0.15) is 30.4 Å². The van der Waals surface area contributed by atoms with Gasteiger partial charge in [-0.1, -0.05) is 17.2 Å². The van der Waals surface area contributed by atoms with Crippen LogP contribution in [0.15, 0.2) is 62.6 Å². The molecule has 3 aromatic heterocycles. The quantitative estimate of drug-likeness (QED) is 0.0288. The van der Waals surface area contributed by atoms with Crippen LogP contribution in [-0.4, -0.2) is 76.1 Å². The summed E-state index contributed by atoms with van der Waals surface area (Å²) in [6, 6.07) is 4.79. The summed E-state index contributed by atoms with van der Waals surface area (Å²) in [7, 11) is -5.02. The summed E-state index contributed by atoms with van der Waals surface area (Å²) in [5.74, 6) is -0.235. The predicted molar refractivity (Wildman–Crippen MR) is 187 cm³/mol. The van der Waals surface area contributed by atoms with E-state index < -0.39 is 85.9 Å². The second-order valence-electron chi connectivity index (χ2n) is 13.8. The smallest absolute Gasteiger partial charge is 0.426 e. The van der Waals surface area contributed by atoms with E-state index in [1.54, 1.807) is 20.8 Å². The number of ether oxygens (including phenoxy) is 3. The van der Waals surface area contributed by atoms with Gasteiger partial charge in [0.05, 0.1) is 30.7 Å². The Morgan fingerprint density at radius 3 is 2.51 bits per heavy atom. The number of esters is 1. The monoisotopic (exact) mass is 787 g/mol. The van der Waals surface area contributed by atoms with Crippen LogP contribution < -0.4 is 21.5 Å². The molecule has 0 amide bonds. The molecule has 0 radical (unpaired) electrons. The largest absolute Gasteiger partial charge is 0.479 e. The molecule has 2 saturated heterocycles. The van der Waals surface area contributed by atoms with Gasteiger partial charge >= 0.3 is 19.5 Å². The second-order valence-corrected chi connectivity index (χ2v) is 15.4. The number of aromatic nitrogens is 6. The zero-order chi connectivity index (χ0) is 39.7. The lowest BCUT2D eigenvalue weighted by molar-refractivity contribution is -0.175. The maximum absolute atomic E-state index is 14.3. The zero-order valence-corrected chi connectivity index (χ0v) is 30.8. The summed E-state index contributed by atoms with van der Waals surface area (Å²) in [6.07, 6.45) is -4.68. The number of phosphoric acid groups is 1. The van der Waals surface area contributed by atoms with Crippen molar-refractivity contribution in [2.75, 3.05) is 0 Å². The van der Waals surface area contributed by atoms with Crippen LogP contribution in [0.5, 0.6) is 5.75 Å². The minimum atomic E-state index is -5.02. The molecule has 55 heavy (non-hydrogen) atoms. The number of carbonyl (C=O) groups excluding carboxylic acids is 1. The molecule has 23 heteroatoms. The molecule has 2 aliphatic heterocycles. The van der Waals surface area contributed by atoms with Gasteiger partial charge in [0.15, 0.2) is 23.7 Å². The number of carbonyl (C=O) groups is 1. The topological polar surface area (TPSA) is 297 Å². The molecule has 5 heterocycles. The fraction of sp³-hybridized carbons (Fsp3) is 0.500. The Kier molecular flexibility index (Phi) is 11.5. The molecule has 0 aliphatic carbocycles. The van der Waals surface area contributed by atoms with Crippen molar-refractivity contribution in [3.8, 4) is 5.75 Å². The maximum Gasteiger partial charge on any atom is 0.479 e. The van der Waals surface area contributed by atoms with Gasteiger partial charge in [-0.15, -0.1) is 0 Å². The van der Waals surface area contributed by atoms with E-state index in [-0.39, 0.29) is 35.3 Å². The molecule has 0 bridgehead atoms. The molecule has 8 atom stereocenters. The number of rotatable bonds is 13. The number of aryl methyl sites for hydroxylation is 1. The predicted octanol–water partition coefficient (Wildman–Crippen LogP) is 2.57. The van der Waals surface area contributed by atoms with Crippen LogP contribution in [0.1, 0.15) is 63.6 Å². The molecule has 1 aromatic carbocycles. The summed E-state index contributed by atoms with van der Waals surface area (Å²) in [6.45, 7) is 6.08. The number of nitrogens with one attached hydrogen (secondary N) is 2. The number of hydrogen-bond acceptors (Lipinski definition) is 16. The van der Waals surface area contributed by atoms with Crippen LogP contribution in [0, 0.1) is 12.3 Å². The second kappa shape index (κ2) is 16.0. The Balaban J connectivity index is 1.21. The average Bonchev–Trinajstić information content (AvgIpc) is 3.89. The van der Waals surface area contributed by atoms with Gasteiger partial charge in [0.25, 0.3) is 11.1 Å². The number of azide groups is 1. The third-order valence-electron chi connectivity index (χ3n) is 8.71. The Labute approximate surface area is 310 Å². The molecule has 2 aliphatic rings. The number of aliphatic hydroxyl groups excluding tert-OH is 2. The number of phosphoric ester groups is 1. The van der Waals surface area contributed by atoms with Crippen LogP contribution in [0.3, 0.4) is 0 Å². The minimum Gasteiger partial charge on any atom is -0.426 e. The van der Waals surface area contributed by atoms with Crippen LogP contribution in [0.2, 0.25) is 0 Å². The van der Waals surface area contributed by atoms with Gasteiger partial charge < -0.3 is 29.4 Å². The number of aromatic amines is 2. The van der Waals surface area contributed by atoms with Crippen LogP contribution in [0.25, 0.3) is 21.6 Å². The van der Waals surface area contributed by atoms with Crippen molar-refractivity contribution in [1.82, 2.24) is 29.1 Å². The van der Waals surface area contributed by atoms with Crippen LogP contribution >= 0.6 is 7.82 Å². The number of imidazole rings is 1. The van der Waals surface area contributed by atoms with E-state index in [4.69, 9.17) is 27.8 Å². The summed E-state index contributed by atoms with van der Waals surface area (Å²) in [5.41, 5.74) is 7.41. The fourth-order valence-electron chi connectivity index (χ4n) is 5.76. The fourth-order valence-corrected chi connectivity index (χ4v) is 7.03. The lowest BCUT2D eigenvalue weighted by atomic mass is 9.97. The number of H-pyrrole nitrogens is 2. The van der Waals surface area contributed by atoms with Gasteiger partial charge in [0, 0.05) is 23.1 Å². The number of aliphatic hydroxyl groups is 2. The summed E-state index contributed by atoms with van der Waals surface area (Å²) in [4.78, 5) is 64.5. The van der Waals surface area contributed by atoms with Gasteiger partial charge in [-0.05, 0) is 63.8 Å². The average molecular weight is 788 g/mol. The first-order valence-electron chi connectivity index (χ1n) is 16.9. The molecule has 22 nitrogen and oxygen atoms in total. The molecule has 4 N–H and O–H groups in total. The van der Waals surface area contributed by atoms with E-state index in [9.17, 15) is 39.5 Å². The molecule has 2 fully saturated rings. The van der Waals surface area contributed by atoms with Gasteiger partial charge in [-0.25, -0.2) is 19.3 Å². The lowest BCUT2D eigenvalue weighted by Crippen LogP contribution is -2.37. The zero-order valence-electron chi connectivity index (χ0n) is 29.9. The first-order chi connectivity index (χ1) is 26.0. The Morgan fingerprint density at radius 2 is 1.80 bits per heavy atom. The minimum absolute atomic E-state index is 0.0722. The lowest BCUT2D eigenvalue weighted by Gasteiger charge is -2.28. The van der Waals surface area contributed by atoms with E-state index in [0.717, 1.165) is 4.57 Å². The van der Waals surface area contributed by atoms with E-state index in [2.05, 4.69) is 30.0 Å². The highest BCUT2D eigenvalue weighted by Crippen LogP contribution is 2.54. The first kappa shape index (κ1) is 39.7. The highest BCUT2D eigenvalue weighted by Gasteiger charge is 2.46. The summed E-state index contributed by atoms with van der Waals surface area (Å²) in [5, 5.41) is 26.0. The first-order valence-corrected chi connectivity index (χ1v) is 18.4. The van der Waals surface area contributed by atoms with E-state index in [1.807, 2.05) is 0 Å². The third kappa shape index (κ3) is 8.94. The van der Waals surface area contributed by atoms with E-state index in [0.29, 0.717) is 12.0 Å². The van der Waals surface area contributed by atoms with Crippen molar-refractivity contribution < 1.29 is 47.4 Å². The molecule has 294 valence electrons. The maximum atomic E-state index is 14.3. The van der Waals surface area contributed by atoms with Crippen LogP contribution in [-0.2, 0) is 39.0 Å². The van der Waals surface area contributed by atoms with Gasteiger partial charge in [-0.3, -0.25) is 42.1 Å². The number of fused-ring (bicyclic) bond motifs is 1. The van der Waals surface area contributed by atoms with Crippen molar-refractivity contribution in [1.29, 1.82) is 0 Å². The third-order valence-corrected chi connectivity index (χ3v) is 10.1. The molecule has 4 aromatic rings. The van der Waals surface area contributed by atoms with Crippen molar-refractivity contribution in [3.63, 3.8) is 0 Å². The van der Waals surface area contributed by atoms with E-state index >= 15 is 0 Å². The molecular formula is C32H38N9O13P. The van der Waals surface area contributed by atoms with Crippen LogP contribution in [0.4, 0.5) is 0 Å². The highest BCUT2D eigenvalue weighted by molar-refractivity contribution is 7.48. The molecule has 4 unspecified atom stereocenters. The number of benzene rings is 1. The van der Waals surface area contributed by atoms with Crippen molar-refractivity contribution in [2.24, 2.45) is 10.5 Å². The summed E-state index contributed by atoms with van der Waals surface area (Å²) >= 11 is 0. The molecule has 0 saturated carbocycles.